The summed E-state index contributed by atoms with van der Waals surface area (Å²) in [6.07, 6.45) is 4.75. The molecule has 3 amide bonds. The third-order valence-electron chi connectivity index (χ3n) is 3.79. The largest absolute Gasteiger partial charge is 0.350 e. The zero-order chi connectivity index (χ0) is 18.5. The van der Waals surface area contributed by atoms with Crippen LogP contribution >= 0.6 is 11.8 Å². The number of carbonyl (C=O) groups excluding carboxylic acids is 3. The Labute approximate surface area is 155 Å². The van der Waals surface area contributed by atoms with Crippen molar-refractivity contribution in [2.45, 2.75) is 6.92 Å². The molecular formula is C19H17N3O3S. The number of rotatable bonds is 5. The summed E-state index contributed by atoms with van der Waals surface area (Å²) in [5, 5.41) is 2.35. The van der Waals surface area contributed by atoms with Crippen molar-refractivity contribution in [3.05, 3.63) is 70.4 Å². The molecule has 1 saturated heterocycles. The summed E-state index contributed by atoms with van der Waals surface area (Å²) in [5.41, 5.74) is 2.42. The average molecular weight is 367 g/mol. The topological polar surface area (TPSA) is 79.4 Å². The molecule has 0 unspecified atom stereocenters. The summed E-state index contributed by atoms with van der Waals surface area (Å²) in [5.74, 6) is -0.628. The van der Waals surface area contributed by atoms with Gasteiger partial charge in [-0.3, -0.25) is 24.3 Å². The van der Waals surface area contributed by atoms with Crippen molar-refractivity contribution in [3.8, 4) is 0 Å². The highest BCUT2D eigenvalue weighted by molar-refractivity contribution is 8.18. The van der Waals surface area contributed by atoms with E-state index in [1.165, 1.54) is 6.20 Å². The van der Waals surface area contributed by atoms with E-state index in [4.69, 9.17) is 0 Å². The van der Waals surface area contributed by atoms with Crippen LogP contribution in [0.15, 0.2) is 53.7 Å². The Morgan fingerprint density at radius 1 is 1.23 bits per heavy atom. The second-order valence-electron chi connectivity index (χ2n) is 5.74. The number of imide groups is 1. The molecule has 1 aromatic carbocycles. The molecule has 3 rings (SSSR count). The zero-order valence-corrected chi connectivity index (χ0v) is 15.0. The second-order valence-corrected chi connectivity index (χ2v) is 6.73. The van der Waals surface area contributed by atoms with Crippen LogP contribution in [0, 0.1) is 6.92 Å². The highest BCUT2D eigenvalue weighted by atomic mass is 32.2. The maximum atomic E-state index is 12.4. The molecule has 132 valence electrons. The van der Waals surface area contributed by atoms with Crippen LogP contribution in [0.25, 0.3) is 6.08 Å². The predicted molar refractivity (Wildman–Crippen MR) is 100 cm³/mol. The highest BCUT2D eigenvalue weighted by Crippen LogP contribution is 2.31. The number of carbonyl (C=O) groups is 3. The van der Waals surface area contributed by atoms with Crippen LogP contribution in [-0.2, 0) is 4.79 Å². The molecule has 2 aromatic rings. The number of aryl methyl sites for hydroxylation is 1. The number of hydrogen-bond donors (Lipinski definition) is 1. The lowest BCUT2D eigenvalue weighted by Gasteiger charge is -2.12. The first-order chi connectivity index (χ1) is 12.5. The van der Waals surface area contributed by atoms with E-state index in [0.29, 0.717) is 10.5 Å². The van der Waals surface area contributed by atoms with E-state index < -0.39 is 0 Å². The van der Waals surface area contributed by atoms with Gasteiger partial charge in [-0.2, -0.15) is 0 Å². The van der Waals surface area contributed by atoms with Gasteiger partial charge in [0.25, 0.3) is 17.1 Å². The standard InChI is InChI=1S/C19H17N3O3S/c1-13-4-6-14(7-5-13)11-16-18(24)22(19(25)26-16)10-9-21-17(23)15-3-2-8-20-12-15/h2-8,11-12H,9-10H2,1H3,(H,21,23)/b16-11-. The fourth-order valence-electron chi connectivity index (χ4n) is 2.39. The van der Waals surface area contributed by atoms with Crippen LogP contribution in [0.4, 0.5) is 4.79 Å². The quantitative estimate of drug-likeness (QED) is 0.822. The van der Waals surface area contributed by atoms with Gasteiger partial charge in [0, 0.05) is 25.5 Å². The zero-order valence-electron chi connectivity index (χ0n) is 14.1. The SMILES string of the molecule is Cc1ccc(/C=C2\SC(=O)N(CCNC(=O)c3cccnc3)C2=O)cc1. The van der Waals surface area contributed by atoms with Crippen LogP contribution in [0.2, 0.25) is 0 Å². The van der Waals surface area contributed by atoms with E-state index in [1.54, 1.807) is 24.4 Å². The fourth-order valence-corrected chi connectivity index (χ4v) is 3.25. The summed E-state index contributed by atoms with van der Waals surface area (Å²) >= 11 is 0.912. The Morgan fingerprint density at radius 3 is 2.69 bits per heavy atom. The first kappa shape index (κ1) is 17.9. The Bertz CT molecular complexity index is 863. The van der Waals surface area contributed by atoms with E-state index in [1.807, 2.05) is 31.2 Å². The molecule has 0 aliphatic carbocycles. The Hall–Kier alpha value is -2.93. The number of pyridine rings is 1. The maximum Gasteiger partial charge on any atom is 0.293 e. The normalized spacial score (nSPS) is 15.6. The lowest BCUT2D eigenvalue weighted by Crippen LogP contribution is -2.37. The predicted octanol–water partition coefficient (Wildman–Crippen LogP) is 2.86. The van der Waals surface area contributed by atoms with Gasteiger partial charge >= 0.3 is 0 Å². The lowest BCUT2D eigenvalue weighted by molar-refractivity contribution is -0.122. The number of amides is 3. The molecule has 6 nitrogen and oxygen atoms in total. The Kier molecular flexibility index (Phi) is 5.48. The van der Waals surface area contributed by atoms with E-state index >= 15 is 0 Å². The molecule has 0 atom stereocenters. The van der Waals surface area contributed by atoms with Crippen LogP contribution in [-0.4, -0.2) is 40.0 Å². The molecule has 26 heavy (non-hydrogen) atoms. The molecular weight excluding hydrogens is 350 g/mol. The lowest BCUT2D eigenvalue weighted by atomic mass is 10.1. The van der Waals surface area contributed by atoms with Gasteiger partial charge in [-0.1, -0.05) is 29.8 Å². The third-order valence-corrected chi connectivity index (χ3v) is 4.70. The van der Waals surface area contributed by atoms with Crippen molar-refractivity contribution < 1.29 is 14.4 Å². The summed E-state index contributed by atoms with van der Waals surface area (Å²) < 4.78 is 0. The van der Waals surface area contributed by atoms with Crippen molar-refractivity contribution in [2.24, 2.45) is 0 Å². The molecule has 0 bridgehead atoms. The first-order valence-corrected chi connectivity index (χ1v) is 8.86. The van der Waals surface area contributed by atoms with Crippen molar-refractivity contribution >= 4 is 34.9 Å². The minimum Gasteiger partial charge on any atom is -0.350 e. The van der Waals surface area contributed by atoms with Crippen LogP contribution in [0.3, 0.4) is 0 Å². The van der Waals surface area contributed by atoms with Gasteiger partial charge < -0.3 is 5.32 Å². The smallest absolute Gasteiger partial charge is 0.293 e. The summed E-state index contributed by atoms with van der Waals surface area (Å²) in [6, 6.07) is 11.0. The summed E-state index contributed by atoms with van der Waals surface area (Å²) in [7, 11) is 0. The number of aromatic nitrogens is 1. The van der Waals surface area contributed by atoms with E-state index in [9.17, 15) is 14.4 Å². The Balaban J connectivity index is 1.59. The highest BCUT2D eigenvalue weighted by Gasteiger charge is 2.34. The van der Waals surface area contributed by atoms with Crippen molar-refractivity contribution in [1.82, 2.24) is 15.2 Å². The van der Waals surface area contributed by atoms with Gasteiger partial charge in [0.15, 0.2) is 0 Å². The maximum absolute atomic E-state index is 12.4. The van der Waals surface area contributed by atoms with Crippen LogP contribution in [0.1, 0.15) is 21.5 Å². The minimum atomic E-state index is -0.337. The average Bonchev–Trinajstić information content (AvgIpc) is 2.91. The van der Waals surface area contributed by atoms with Crippen molar-refractivity contribution in [2.75, 3.05) is 13.1 Å². The molecule has 1 aliphatic heterocycles. The van der Waals surface area contributed by atoms with Gasteiger partial charge in [-0.25, -0.2) is 0 Å². The van der Waals surface area contributed by atoms with E-state index in [2.05, 4.69) is 10.3 Å². The monoisotopic (exact) mass is 367 g/mol. The second kappa shape index (κ2) is 7.97. The molecule has 0 spiro atoms. The number of nitrogens with one attached hydrogen (secondary N) is 1. The van der Waals surface area contributed by atoms with Gasteiger partial charge in [-0.15, -0.1) is 0 Å². The fraction of sp³-hybridized carbons (Fsp3) is 0.158. The number of nitrogens with zero attached hydrogens (tertiary/aromatic N) is 2. The van der Waals surface area contributed by atoms with E-state index in [0.717, 1.165) is 27.8 Å². The van der Waals surface area contributed by atoms with Gasteiger partial charge in [0.1, 0.15) is 0 Å². The first-order valence-electron chi connectivity index (χ1n) is 8.05. The molecule has 2 heterocycles. The van der Waals surface area contributed by atoms with Gasteiger partial charge in [0.05, 0.1) is 10.5 Å². The molecule has 0 radical (unpaired) electrons. The van der Waals surface area contributed by atoms with Gasteiger partial charge in [-0.05, 0) is 42.5 Å². The molecule has 1 N–H and O–H groups in total. The Morgan fingerprint density at radius 2 is 2.00 bits per heavy atom. The van der Waals surface area contributed by atoms with E-state index in [-0.39, 0.29) is 30.1 Å². The summed E-state index contributed by atoms with van der Waals surface area (Å²) in [6.45, 7) is 2.29. The minimum absolute atomic E-state index is 0.127. The number of thioether (sulfide) groups is 1. The molecule has 1 aliphatic rings. The molecule has 1 fully saturated rings. The number of hydrogen-bond acceptors (Lipinski definition) is 5. The van der Waals surface area contributed by atoms with Crippen LogP contribution in [0.5, 0.6) is 0 Å². The van der Waals surface area contributed by atoms with Crippen LogP contribution < -0.4 is 5.32 Å². The molecule has 7 heteroatoms. The summed E-state index contributed by atoms with van der Waals surface area (Å²) in [4.78, 5) is 41.9. The van der Waals surface area contributed by atoms with Crippen molar-refractivity contribution in [3.63, 3.8) is 0 Å². The molecule has 0 saturated carbocycles. The third kappa shape index (κ3) is 4.18. The van der Waals surface area contributed by atoms with Gasteiger partial charge in [0.2, 0.25) is 0 Å². The van der Waals surface area contributed by atoms with Crippen molar-refractivity contribution in [1.29, 1.82) is 0 Å². The molecule has 1 aromatic heterocycles. The number of benzene rings is 1.